The molecule has 0 atom stereocenters. The van der Waals surface area contributed by atoms with E-state index >= 15 is 0 Å². The second-order valence-corrected chi connectivity index (χ2v) is 12.1. The molecule has 1 saturated heterocycles. The lowest BCUT2D eigenvalue weighted by Crippen LogP contribution is -2.47. The fourth-order valence-electron chi connectivity index (χ4n) is 4.91. The number of hydrogen-bond donors (Lipinski definition) is 1. The Morgan fingerprint density at radius 3 is 2.34 bits per heavy atom. The number of aromatic nitrogens is 1. The van der Waals surface area contributed by atoms with Gasteiger partial charge in [-0.15, -0.1) is 0 Å². The molecule has 35 heavy (non-hydrogen) atoms. The zero-order chi connectivity index (χ0) is 25.2. The minimum Gasteiger partial charge on any atom is -0.497 e. The maximum atomic E-state index is 14.0. The molecule has 0 aliphatic carbocycles. The number of piperidine rings is 1. The Morgan fingerprint density at radius 2 is 1.74 bits per heavy atom. The van der Waals surface area contributed by atoms with Gasteiger partial charge in [0.25, 0.3) is 10.0 Å². The van der Waals surface area contributed by atoms with E-state index in [0.29, 0.717) is 5.75 Å². The van der Waals surface area contributed by atoms with Crippen molar-refractivity contribution in [1.29, 1.82) is 0 Å². The number of likely N-dealkylation sites (tertiary alicyclic amines) is 1. The largest absolute Gasteiger partial charge is 0.497 e. The summed E-state index contributed by atoms with van der Waals surface area (Å²) in [5.41, 5.74) is 2.96. The van der Waals surface area contributed by atoms with Crippen molar-refractivity contribution in [3.8, 4) is 5.75 Å². The summed E-state index contributed by atoms with van der Waals surface area (Å²) < 4.78 is 35.0. The van der Waals surface area contributed by atoms with Crippen LogP contribution in [0.5, 0.6) is 5.75 Å². The molecule has 3 aromatic rings. The van der Waals surface area contributed by atoms with Crippen LogP contribution in [-0.4, -0.2) is 51.1 Å². The summed E-state index contributed by atoms with van der Waals surface area (Å²) in [5.74, 6) is 0.642. The first-order valence-corrected chi connectivity index (χ1v) is 14.2. The van der Waals surface area contributed by atoms with E-state index in [2.05, 4.69) is 43.6 Å². The predicted octanol–water partition coefficient (Wildman–Crippen LogP) is 5.93. The van der Waals surface area contributed by atoms with Crippen LogP contribution in [0, 0.1) is 0 Å². The summed E-state index contributed by atoms with van der Waals surface area (Å²) in [5, 5.41) is 1.04. The fourth-order valence-corrected chi connectivity index (χ4v) is 6.61. The van der Waals surface area contributed by atoms with Gasteiger partial charge >= 0.3 is 0 Å². The van der Waals surface area contributed by atoms with E-state index in [9.17, 15) is 8.42 Å². The molecule has 190 valence electrons. The van der Waals surface area contributed by atoms with Gasteiger partial charge in [0.2, 0.25) is 0 Å². The molecule has 1 N–H and O–H groups in total. The number of methoxy groups -OCH3 is 1. The van der Waals surface area contributed by atoms with Gasteiger partial charge in [0.15, 0.2) is 0 Å². The molecule has 1 fully saturated rings. The highest BCUT2D eigenvalue weighted by atomic mass is 32.2. The minimum absolute atomic E-state index is 0.0279. The lowest BCUT2D eigenvalue weighted by Gasteiger charge is -2.39. The second-order valence-electron chi connectivity index (χ2n) is 10.2. The summed E-state index contributed by atoms with van der Waals surface area (Å²) in [6.45, 7) is 11.7. The normalized spacial score (nSPS) is 16.0. The van der Waals surface area contributed by atoms with Crippen molar-refractivity contribution in [2.75, 3.05) is 31.0 Å². The number of sulfonamides is 1. The highest BCUT2D eigenvalue weighted by Crippen LogP contribution is 2.35. The molecule has 0 bridgehead atoms. The lowest BCUT2D eigenvalue weighted by molar-refractivity contribution is 0.214. The van der Waals surface area contributed by atoms with Crippen LogP contribution in [0.1, 0.15) is 59.1 Å². The van der Waals surface area contributed by atoms with Gasteiger partial charge in [-0.05, 0) is 80.8 Å². The average molecular weight is 498 g/mol. The molecule has 2 aromatic carbocycles. The highest BCUT2D eigenvalue weighted by molar-refractivity contribution is 7.92. The lowest BCUT2D eigenvalue weighted by atomic mass is 9.86. The van der Waals surface area contributed by atoms with E-state index < -0.39 is 10.0 Å². The van der Waals surface area contributed by atoms with Crippen LogP contribution in [-0.2, 0) is 15.4 Å². The molecule has 0 saturated carbocycles. The van der Waals surface area contributed by atoms with Gasteiger partial charge in [-0.2, -0.15) is 0 Å². The third-order valence-corrected chi connectivity index (χ3v) is 9.41. The Kier molecular flexibility index (Phi) is 7.48. The molecule has 2 heterocycles. The van der Waals surface area contributed by atoms with Gasteiger partial charge in [-0.1, -0.05) is 27.7 Å². The molecule has 0 amide bonds. The zero-order valence-electron chi connectivity index (χ0n) is 21.7. The predicted molar refractivity (Wildman–Crippen MR) is 144 cm³/mol. The van der Waals surface area contributed by atoms with Crippen LogP contribution in [0.3, 0.4) is 0 Å². The minimum atomic E-state index is -3.75. The van der Waals surface area contributed by atoms with Crippen molar-refractivity contribution >= 4 is 26.6 Å². The molecule has 1 aromatic heterocycles. The molecular weight excluding hydrogens is 458 g/mol. The SMILES string of the molecule is CCCN1CCC(N(c2ccc3[nH]c(C(C)(C)CC)cc3c2)S(=O)(=O)c2ccc(OC)cc2)CC1. The van der Waals surface area contributed by atoms with Gasteiger partial charge in [-0.3, -0.25) is 4.31 Å². The van der Waals surface area contributed by atoms with Crippen LogP contribution in [0.15, 0.2) is 53.4 Å². The maximum absolute atomic E-state index is 14.0. The van der Waals surface area contributed by atoms with Gasteiger partial charge in [0.05, 0.1) is 17.7 Å². The van der Waals surface area contributed by atoms with E-state index in [-0.39, 0.29) is 16.4 Å². The second kappa shape index (κ2) is 10.2. The van der Waals surface area contributed by atoms with Crippen LogP contribution in [0.2, 0.25) is 0 Å². The zero-order valence-corrected chi connectivity index (χ0v) is 22.5. The fraction of sp³-hybridized carbons (Fsp3) is 0.500. The van der Waals surface area contributed by atoms with Crippen molar-refractivity contribution < 1.29 is 13.2 Å². The highest BCUT2D eigenvalue weighted by Gasteiger charge is 2.34. The van der Waals surface area contributed by atoms with Gasteiger partial charge in [-0.25, -0.2) is 8.42 Å². The number of ether oxygens (including phenoxy) is 1. The Morgan fingerprint density at radius 1 is 1.06 bits per heavy atom. The molecule has 0 radical (unpaired) electrons. The number of nitrogens with zero attached hydrogens (tertiary/aromatic N) is 2. The molecule has 0 spiro atoms. The van der Waals surface area contributed by atoms with Gasteiger partial charge < -0.3 is 14.6 Å². The van der Waals surface area contributed by atoms with Crippen molar-refractivity contribution in [2.45, 2.75) is 69.7 Å². The van der Waals surface area contributed by atoms with Crippen molar-refractivity contribution in [1.82, 2.24) is 9.88 Å². The van der Waals surface area contributed by atoms with E-state index in [0.717, 1.165) is 61.9 Å². The van der Waals surface area contributed by atoms with E-state index in [1.165, 1.54) is 5.69 Å². The Balaban J connectivity index is 1.76. The molecular formula is C28H39N3O3S. The van der Waals surface area contributed by atoms with Crippen LogP contribution < -0.4 is 9.04 Å². The first kappa shape index (κ1) is 25.6. The average Bonchev–Trinajstić information content (AvgIpc) is 3.30. The smallest absolute Gasteiger partial charge is 0.264 e. The number of H-pyrrole nitrogens is 1. The van der Waals surface area contributed by atoms with Crippen molar-refractivity contribution in [3.05, 3.63) is 54.2 Å². The summed E-state index contributed by atoms with van der Waals surface area (Å²) in [6, 6.07) is 14.8. The molecule has 6 nitrogen and oxygen atoms in total. The number of nitrogens with one attached hydrogen (secondary N) is 1. The number of benzene rings is 2. The molecule has 1 aliphatic rings. The topological polar surface area (TPSA) is 65.6 Å². The number of anilines is 1. The van der Waals surface area contributed by atoms with Crippen LogP contribution in [0.25, 0.3) is 10.9 Å². The summed E-state index contributed by atoms with van der Waals surface area (Å²) in [6.07, 6.45) is 3.75. The van der Waals surface area contributed by atoms with E-state index in [4.69, 9.17) is 4.74 Å². The number of rotatable bonds is 9. The quantitative estimate of drug-likeness (QED) is 0.398. The first-order valence-electron chi connectivity index (χ1n) is 12.7. The van der Waals surface area contributed by atoms with E-state index in [1.54, 1.807) is 35.7 Å². The standard InChI is InChI=1S/C28H39N3O3S/c1-6-16-30-17-14-22(15-18-30)31(35(32,33)25-11-9-24(34-5)10-12-25)23-8-13-26-21(19-23)20-27(29-26)28(3,4)7-2/h8-13,19-20,22,29H,6-7,14-18H2,1-5H3. The van der Waals surface area contributed by atoms with Crippen molar-refractivity contribution in [2.24, 2.45) is 0 Å². The molecule has 1 aliphatic heterocycles. The molecule has 0 unspecified atom stereocenters. The third-order valence-electron chi connectivity index (χ3n) is 7.52. The third kappa shape index (κ3) is 5.21. The summed E-state index contributed by atoms with van der Waals surface area (Å²) in [4.78, 5) is 6.27. The summed E-state index contributed by atoms with van der Waals surface area (Å²) in [7, 11) is -2.17. The van der Waals surface area contributed by atoms with Gasteiger partial charge in [0, 0.05) is 41.1 Å². The molecule has 7 heteroatoms. The van der Waals surface area contributed by atoms with E-state index in [1.807, 2.05) is 18.2 Å². The Labute approximate surface area is 210 Å². The number of hydrogen-bond acceptors (Lipinski definition) is 4. The number of fused-ring (bicyclic) bond motifs is 1. The van der Waals surface area contributed by atoms with Crippen LogP contribution >= 0.6 is 0 Å². The van der Waals surface area contributed by atoms with Crippen LogP contribution in [0.4, 0.5) is 5.69 Å². The Hall–Kier alpha value is -2.51. The van der Waals surface area contributed by atoms with Crippen molar-refractivity contribution in [3.63, 3.8) is 0 Å². The number of aromatic amines is 1. The Bertz CT molecular complexity index is 1240. The molecule has 4 rings (SSSR count). The van der Waals surface area contributed by atoms with Gasteiger partial charge in [0.1, 0.15) is 5.75 Å². The first-order chi connectivity index (χ1) is 16.7. The summed E-state index contributed by atoms with van der Waals surface area (Å²) >= 11 is 0. The monoisotopic (exact) mass is 497 g/mol. The maximum Gasteiger partial charge on any atom is 0.264 e.